The number of hydrogen-bond acceptors (Lipinski definition) is 7. The molecule has 10 nitrogen and oxygen atoms in total. The quantitative estimate of drug-likeness (QED) is 0.271. The number of benzene rings is 3. The Morgan fingerprint density at radius 1 is 0.969 bits per heavy atom. The third kappa shape index (κ3) is 3.65. The molecule has 0 amide bonds. The fourth-order valence-electron chi connectivity index (χ4n) is 3.50. The van der Waals surface area contributed by atoms with E-state index in [2.05, 4.69) is 10.1 Å². The summed E-state index contributed by atoms with van der Waals surface area (Å²) in [5, 5.41) is 38.0. The van der Waals surface area contributed by atoms with Crippen LogP contribution in [0.4, 0.5) is 17.1 Å². The van der Waals surface area contributed by atoms with Gasteiger partial charge in [-0.2, -0.15) is 5.10 Å². The Bertz CT molecular complexity index is 1410. The van der Waals surface area contributed by atoms with Gasteiger partial charge in [0.25, 0.3) is 11.4 Å². The summed E-state index contributed by atoms with van der Waals surface area (Å²) in [6.07, 6.45) is 1.50. The molecule has 0 fully saturated rings. The minimum Gasteiger partial charge on any atom is -0.507 e. The molecule has 0 bridgehead atoms. The van der Waals surface area contributed by atoms with Crippen LogP contribution in [0.15, 0.2) is 59.6 Å². The van der Waals surface area contributed by atoms with Crippen molar-refractivity contribution >= 4 is 34.0 Å². The Hall–Kier alpha value is -4.60. The van der Waals surface area contributed by atoms with Crippen molar-refractivity contribution in [1.29, 1.82) is 0 Å². The summed E-state index contributed by atoms with van der Waals surface area (Å²) in [7, 11) is 0. The lowest BCUT2D eigenvalue weighted by atomic mass is 10.0. The fraction of sp³-hybridized carbons (Fsp3) is 0.0909. The molecule has 0 aliphatic heterocycles. The number of phenols is 1. The average Bonchev–Trinajstić information content (AvgIpc) is 3.06. The monoisotopic (exact) mass is 431 g/mol. The first kappa shape index (κ1) is 20.7. The second-order valence-electron chi connectivity index (χ2n) is 7.12. The molecule has 4 rings (SSSR count). The zero-order valence-corrected chi connectivity index (χ0v) is 17.1. The SMILES string of the molecule is Cc1nn(-c2ccc([N+](=O)[O-])cc2)c(C)c1N=Cc1c(O)ccc2cc([N+](=O)[O-])ccc12. The highest BCUT2D eigenvalue weighted by Gasteiger charge is 2.15. The number of rotatable bonds is 5. The predicted octanol–water partition coefficient (Wildman–Crippen LogP) is 4.91. The largest absolute Gasteiger partial charge is 0.507 e. The molecule has 0 aliphatic carbocycles. The van der Waals surface area contributed by atoms with Crippen LogP contribution in [0.3, 0.4) is 0 Å². The zero-order valence-electron chi connectivity index (χ0n) is 17.1. The summed E-state index contributed by atoms with van der Waals surface area (Å²) in [5.41, 5.74) is 2.96. The number of aromatic nitrogens is 2. The molecule has 0 unspecified atom stereocenters. The molecule has 0 spiro atoms. The van der Waals surface area contributed by atoms with E-state index in [4.69, 9.17) is 0 Å². The molecule has 1 heterocycles. The van der Waals surface area contributed by atoms with Crippen molar-refractivity contribution in [2.45, 2.75) is 13.8 Å². The summed E-state index contributed by atoms with van der Waals surface area (Å²) in [5.74, 6) is -0.00632. The van der Waals surface area contributed by atoms with Gasteiger partial charge >= 0.3 is 0 Å². The Kier molecular flexibility index (Phi) is 5.11. The standard InChI is InChI=1S/C22H17N5O5/c1-13-22(14(2)25(24-13)16-4-6-17(7-5-16)26(29)30)23-12-20-19-9-8-18(27(31)32)11-15(19)3-10-21(20)28/h3-12,28H,1-2H3. The number of nitrogens with zero attached hydrogens (tertiary/aromatic N) is 5. The highest BCUT2D eigenvalue weighted by Crippen LogP contribution is 2.31. The molecule has 0 aliphatic rings. The van der Waals surface area contributed by atoms with Crippen molar-refractivity contribution in [2.24, 2.45) is 4.99 Å². The fourth-order valence-corrected chi connectivity index (χ4v) is 3.50. The van der Waals surface area contributed by atoms with Gasteiger partial charge in [-0.25, -0.2) is 4.68 Å². The van der Waals surface area contributed by atoms with Crippen LogP contribution < -0.4 is 0 Å². The highest BCUT2D eigenvalue weighted by molar-refractivity contribution is 6.03. The minimum absolute atomic E-state index is 0.00632. The molecule has 0 radical (unpaired) electrons. The Morgan fingerprint density at radius 2 is 1.62 bits per heavy atom. The predicted molar refractivity (Wildman–Crippen MR) is 119 cm³/mol. The summed E-state index contributed by atoms with van der Waals surface area (Å²) >= 11 is 0. The lowest BCUT2D eigenvalue weighted by molar-refractivity contribution is -0.385. The topological polar surface area (TPSA) is 137 Å². The Labute approximate surface area is 181 Å². The molecule has 10 heteroatoms. The van der Waals surface area contributed by atoms with Crippen LogP contribution in [0.5, 0.6) is 5.75 Å². The van der Waals surface area contributed by atoms with E-state index in [1.807, 2.05) is 6.92 Å². The van der Waals surface area contributed by atoms with Gasteiger partial charge in [0.05, 0.1) is 26.9 Å². The maximum atomic E-state index is 11.0. The first-order chi connectivity index (χ1) is 15.3. The summed E-state index contributed by atoms with van der Waals surface area (Å²) in [6, 6.07) is 13.5. The lowest BCUT2D eigenvalue weighted by Crippen LogP contribution is -1.99. The van der Waals surface area contributed by atoms with Crippen LogP contribution in [0.2, 0.25) is 0 Å². The van der Waals surface area contributed by atoms with Gasteiger partial charge in [-0.1, -0.05) is 6.07 Å². The summed E-state index contributed by atoms with van der Waals surface area (Å²) in [4.78, 5) is 25.5. The van der Waals surface area contributed by atoms with E-state index >= 15 is 0 Å². The van der Waals surface area contributed by atoms with Gasteiger partial charge in [-0.3, -0.25) is 25.2 Å². The van der Waals surface area contributed by atoms with Gasteiger partial charge in [-0.15, -0.1) is 0 Å². The molecule has 0 atom stereocenters. The molecule has 3 aromatic carbocycles. The maximum Gasteiger partial charge on any atom is 0.270 e. The number of aryl methyl sites for hydroxylation is 1. The van der Waals surface area contributed by atoms with Crippen molar-refractivity contribution in [3.63, 3.8) is 0 Å². The van der Waals surface area contributed by atoms with E-state index in [0.29, 0.717) is 39.1 Å². The maximum absolute atomic E-state index is 11.0. The zero-order chi connectivity index (χ0) is 23.0. The van der Waals surface area contributed by atoms with Crippen molar-refractivity contribution in [3.8, 4) is 11.4 Å². The Morgan fingerprint density at radius 3 is 2.28 bits per heavy atom. The van der Waals surface area contributed by atoms with Gasteiger partial charge in [0.15, 0.2) is 0 Å². The molecule has 0 saturated heterocycles. The van der Waals surface area contributed by atoms with E-state index < -0.39 is 9.85 Å². The van der Waals surface area contributed by atoms with E-state index in [1.54, 1.807) is 35.9 Å². The molecule has 32 heavy (non-hydrogen) atoms. The van der Waals surface area contributed by atoms with Gasteiger partial charge < -0.3 is 5.11 Å². The molecule has 0 saturated carbocycles. The van der Waals surface area contributed by atoms with Gasteiger partial charge in [0.2, 0.25) is 0 Å². The number of phenolic OH excluding ortho intramolecular Hbond substituents is 1. The van der Waals surface area contributed by atoms with Gasteiger partial charge in [0, 0.05) is 36.0 Å². The number of nitro benzene ring substituents is 2. The van der Waals surface area contributed by atoms with Crippen LogP contribution >= 0.6 is 0 Å². The smallest absolute Gasteiger partial charge is 0.270 e. The number of aliphatic imine (C=N–C) groups is 1. The van der Waals surface area contributed by atoms with Crippen LogP contribution in [0.25, 0.3) is 16.5 Å². The number of hydrogen-bond donors (Lipinski definition) is 1. The number of nitro groups is 2. The molecule has 4 aromatic rings. The van der Waals surface area contributed by atoms with Gasteiger partial charge in [-0.05, 0) is 48.9 Å². The second-order valence-corrected chi connectivity index (χ2v) is 7.12. The first-order valence-electron chi connectivity index (χ1n) is 9.51. The molecule has 1 N–H and O–H groups in total. The van der Waals surface area contributed by atoms with Crippen molar-refractivity contribution in [2.75, 3.05) is 0 Å². The highest BCUT2D eigenvalue weighted by atomic mass is 16.6. The Balaban J connectivity index is 1.74. The van der Waals surface area contributed by atoms with Gasteiger partial charge in [0.1, 0.15) is 11.4 Å². The molecular formula is C22H17N5O5. The van der Waals surface area contributed by atoms with Crippen LogP contribution in [0, 0.1) is 34.1 Å². The molecule has 160 valence electrons. The van der Waals surface area contributed by atoms with E-state index in [-0.39, 0.29) is 17.1 Å². The van der Waals surface area contributed by atoms with Crippen molar-refractivity contribution < 1.29 is 15.0 Å². The average molecular weight is 431 g/mol. The van der Waals surface area contributed by atoms with Crippen molar-refractivity contribution in [3.05, 3.63) is 91.8 Å². The minimum atomic E-state index is -0.473. The molecular weight excluding hydrogens is 414 g/mol. The number of fused-ring (bicyclic) bond motifs is 1. The van der Waals surface area contributed by atoms with Crippen LogP contribution in [-0.4, -0.2) is 30.9 Å². The van der Waals surface area contributed by atoms with Crippen LogP contribution in [0.1, 0.15) is 17.0 Å². The van der Waals surface area contributed by atoms with E-state index in [0.717, 1.165) is 0 Å². The summed E-state index contributed by atoms with van der Waals surface area (Å²) < 4.78 is 1.64. The first-order valence-corrected chi connectivity index (χ1v) is 9.51. The van der Waals surface area contributed by atoms with Crippen molar-refractivity contribution in [1.82, 2.24) is 9.78 Å². The van der Waals surface area contributed by atoms with E-state index in [9.17, 15) is 25.3 Å². The normalized spacial score (nSPS) is 11.3. The van der Waals surface area contributed by atoms with Crippen LogP contribution in [-0.2, 0) is 0 Å². The number of aromatic hydroxyl groups is 1. The molecule has 1 aromatic heterocycles. The lowest BCUT2D eigenvalue weighted by Gasteiger charge is -2.06. The third-order valence-electron chi connectivity index (χ3n) is 5.11. The second kappa shape index (κ2) is 7.91. The summed E-state index contributed by atoms with van der Waals surface area (Å²) in [6.45, 7) is 3.61. The number of non-ortho nitro benzene ring substituents is 2. The third-order valence-corrected chi connectivity index (χ3v) is 5.11. The van der Waals surface area contributed by atoms with E-state index in [1.165, 1.54) is 36.5 Å².